The summed E-state index contributed by atoms with van der Waals surface area (Å²) in [6.07, 6.45) is -1.07. The van der Waals surface area contributed by atoms with Gasteiger partial charge in [0.05, 0.1) is 0 Å². The molecule has 0 spiro atoms. The van der Waals surface area contributed by atoms with E-state index in [2.05, 4.69) is 5.32 Å². The molecule has 1 aromatic carbocycles. The van der Waals surface area contributed by atoms with Crippen LogP contribution in [0.5, 0.6) is 0 Å². The number of hydrogen-bond acceptors (Lipinski definition) is 3. The molecule has 0 bridgehead atoms. The summed E-state index contributed by atoms with van der Waals surface area (Å²) in [5.74, 6) is -0.521. The number of aliphatic hydroxyl groups is 2. The molecule has 0 radical (unpaired) electrons. The van der Waals surface area contributed by atoms with Crippen molar-refractivity contribution < 1.29 is 15.0 Å². The number of carbonyl (C=O) groups excluding carboxylic acids is 1. The van der Waals surface area contributed by atoms with Crippen LogP contribution in [0.1, 0.15) is 12.0 Å². The van der Waals surface area contributed by atoms with Gasteiger partial charge in [0.1, 0.15) is 5.60 Å². The largest absolute Gasteiger partial charge is 0.382 e. The molecule has 1 aliphatic rings. The maximum absolute atomic E-state index is 11.3. The summed E-state index contributed by atoms with van der Waals surface area (Å²) in [4.78, 5) is 11.3. The Morgan fingerprint density at radius 3 is 2.67 bits per heavy atom. The first-order chi connectivity index (χ1) is 7.14. The summed E-state index contributed by atoms with van der Waals surface area (Å²) in [5, 5.41) is 22.5. The fraction of sp³-hybridized carbons (Fsp3) is 0.364. The summed E-state index contributed by atoms with van der Waals surface area (Å²) in [6, 6.07) is 8.78. The second-order valence-electron chi connectivity index (χ2n) is 3.73. The predicted octanol–water partition coefficient (Wildman–Crippen LogP) is -0.245. The van der Waals surface area contributed by atoms with E-state index < -0.39 is 17.6 Å². The summed E-state index contributed by atoms with van der Waals surface area (Å²) in [5.41, 5.74) is -0.879. The number of aliphatic hydroxyl groups excluding tert-OH is 1. The zero-order valence-corrected chi connectivity index (χ0v) is 8.18. The van der Waals surface area contributed by atoms with Crippen molar-refractivity contribution in [1.82, 2.24) is 5.32 Å². The van der Waals surface area contributed by atoms with Gasteiger partial charge in [0.2, 0.25) is 0 Å². The van der Waals surface area contributed by atoms with E-state index in [0.717, 1.165) is 0 Å². The third kappa shape index (κ3) is 1.62. The van der Waals surface area contributed by atoms with Gasteiger partial charge < -0.3 is 15.5 Å². The van der Waals surface area contributed by atoms with Gasteiger partial charge in [-0.25, -0.2) is 0 Å². The standard InChI is InChI=1S/C11H13NO3/c13-9-10(14)12-7-6-11(9,15)8-4-2-1-3-5-8/h1-5,9,13,15H,6-7H2,(H,12,14). The number of amides is 1. The maximum Gasteiger partial charge on any atom is 0.252 e. The Bertz CT molecular complexity index is 365. The molecule has 3 N–H and O–H groups in total. The van der Waals surface area contributed by atoms with Gasteiger partial charge in [0.15, 0.2) is 6.10 Å². The topological polar surface area (TPSA) is 69.6 Å². The van der Waals surface area contributed by atoms with E-state index in [-0.39, 0.29) is 0 Å². The second-order valence-corrected chi connectivity index (χ2v) is 3.73. The van der Waals surface area contributed by atoms with E-state index in [9.17, 15) is 15.0 Å². The molecular weight excluding hydrogens is 194 g/mol. The lowest BCUT2D eigenvalue weighted by molar-refractivity contribution is -0.155. The van der Waals surface area contributed by atoms with Gasteiger partial charge in [0, 0.05) is 13.0 Å². The van der Waals surface area contributed by atoms with E-state index in [1.54, 1.807) is 24.3 Å². The smallest absolute Gasteiger partial charge is 0.252 e. The number of nitrogens with one attached hydrogen (secondary N) is 1. The lowest BCUT2D eigenvalue weighted by atomic mass is 9.82. The Labute approximate surface area is 87.6 Å². The number of piperidine rings is 1. The van der Waals surface area contributed by atoms with Crippen LogP contribution in [0.4, 0.5) is 0 Å². The first kappa shape index (κ1) is 10.1. The van der Waals surface area contributed by atoms with Gasteiger partial charge in [-0.05, 0) is 5.56 Å². The minimum absolute atomic E-state index is 0.323. The predicted molar refractivity (Wildman–Crippen MR) is 54.0 cm³/mol. The summed E-state index contributed by atoms with van der Waals surface area (Å²) >= 11 is 0. The van der Waals surface area contributed by atoms with Crippen LogP contribution < -0.4 is 5.32 Å². The van der Waals surface area contributed by atoms with Crippen LogP contribution in [0, 0.1) is 0 Å². The van der Waals surface area contributed by atoms with E-state index in [4.69, 9.17) is 0 Å². The van der Waals surface area contributed by atoms with Gasteiger partial charge in [-0.15, -0.1) is 0 Å². The molecular formula is C11H13NO3. The molecule has 1 saturated heterocycles. The summed E-state index contributed by atoms with van der Waals surface area (Å²) in [6.45, 7) is 0.376. The minimum Gasteiger partial charge on any atom is -0.382 e. The van der Waals surface area contributed by atoms with Crippen molar-refractivity contribution in [1.29, 1.82) is 0 Å². The Kier molecular flexibility index (Phi) is 2.46. The lowest BCUT2D eigenvalue weighted by Gasteiger charge is -2.36. The van der Waals surface area contributed by atoms with Crippen LogP contribution in [0.2, 0.25) is 0 Å². The van der Waals surface area contributed by atoms with E-state index in [1.165, 1.54) is 0 Å². The first-order valence-corrected chi connectivity index (χ1v) is 4.88. The van der Waals surface area contributed by atoms with Gasteiger partial charge >= 0.3 is 0 Å². The lowest BCUT2D eigenvalue weighted by Crippen LogP contribution is -2.55. The second kappa shape index (κ2) is 3.64. The van der Waals surface area contributed by atoms with Crippen molar-refractivity contribution >= 4 is 5.91 Å². The molecule has 2 unspecified atom stereocenters. The van der Waals surface area contributed by atoms with Crippen molar-refractivity contribution in [3.8, 4) is 0 Å². The molecule has 2 atom stereocenters. The molecule has 2 rings (SSSR count). The highest BCUT2D eigenvalue weighted by atomic mass is 16.4. The molecule has 0 saturated carbocycles. The maximum atomic E-state index is 11.3. The third-order valence-corrected chi connectivity index (χ3v) is 2.78. The van der Waals surface area contributed by atoms with Gasteiger partial charge in [0.25, 0.3) is 5.91 Å². The molecule has 1 fully saturated rings. The highest BCUT2D eigenvalue weighted by Gasteiger charge is 2.44. The van der Waals surface area contributed by atoms with E-state index in [1.807, 2.05) is 6.07 Å². The number of rotatable bonds is 1. The average molecular weight is 207 g/mol. The number of carbonyl (C=O) groups is 1. The van der Waals surface area contributed by atoms with Crippen LogP contribution in [0.15, 0.2) is 30.3 Å². The quantitative estimate of drug-likeness (QED) is 0.595. The molecule has 0 aliphatic carbocycles. The molecule has 15 heavy (non-hydrogen) atoms. The van der Waals surface area contributed by atoms with Gasteiger partial charge in [-0.1, -0.05) is 30.3 Å². The monoisotopic (exact) mass is 207 g/mol. The van der Waals surface area contributed by atoms with Crippen molar-refractivity contribution in [2.45, 2.75) is 18.1 Å². The number of hydrogen-bond donors (Lipinski definition) is 3. The Hall–Kier alpha value is -1.39. The zero-order valence-electron chi connectivity index (χ0n) is 8.18. The zero-order chi connectivity index (χ0) is 10.9. The van der Waals surface area contributed by atoms with Crippen LogP contribution in [0.25, 0.3) is 0 Å². The molecule has 1 aromatic rings. The molecule has 4 heteroatoms. The van der Waals surface area contributed by atoms with Gasteiger partial charge in [-0.2, -0.15) is 0 Å². The molecule has 1 heterocycles. The highest BCUT2D eigenvalue weighted by molar-refractivity contribution is 5.83. The normalized spacial score (nSPS) is 31.1. The molecule has 4 nitrogen and oxygen atoms in total. The highest BCUT2D eigenvalue weighted by Crippen LogP contribution is 2.30. The van der Waals surface area contributed by atoms with Gasteiger partial charge in [-0.3, -0.25) is 4.79 Å². The van der Waals surface area contributed by atoms with Crippen LogP contribution in [0.3, 0.4) is 0 Å². The SMILES string of the molecule is O=C1NCCC(O)(c2ccccc2)C1O. The first-order valence-electron chi connectivity index (χ1n) is 4.88. The van der Waals surface area contributed by atoms with Crippen LogP contribution in [-0.2, 0) is 10.4 Å². The van der Waals surface area contributed by atoms with E-state index in [0.29, 0.717) is 18.5 Å². The van der Waals surface area contributed by atoms with Crippen molar-refractivity contribution in [2.75, 3.05) is 6.54 Å². The van der Waals surface area contributed by atoms with Crippen molar-refractivity contribution in [3.63, 3.8) is 0 Å². The Morgan fingerprint density at radius 2 is 2.00 bits per heavy atom. The van der Waals surface area contributed by atoms with Crippen LogP contribution >= 0.6 is 0 Å². The summed E-state index contributed by atoms with van der Waals surface area (Å²) in [7, 11) is 0. The van der Waals surface area contributed by atoms with Crippen molar-refractivity contribution in [3.05, 3.63) is 35.9 Å². The minimum atomic E-state index is -1.45. The molecule has 80 valence electrons. The average Bonchev–Trinajstić information content (AvgIpc) is 2.27. The fourth-order valence-corrected chi connectivity index (χ4v) is 1.86. The molecule has 1 aliphatic heterocycles. The Balaban J connectivity index is 2.37. The number of benzene rings is 1. The summed E-state index contributed by atoms with van der Waals surface area (Å²) < 4.78 is 0. The third-order valence-electron chi connectivity index (χ3n) is 2.78. The molecule has 1 amide bonds. The molecule has 0 aromatic heterocycles. The van der Waals surface area contributed by atoms with Crippen molar-refractivity contribution in [2.24, 2.45) is 0 Å². The van der Waals surface area contributed by atoms with E-state index >= 15 is 0 Å². The van der Waals surface area contributed by atoms with Crippen LogP contribution in [-0.4, -0.2) is 28.8 Å². The Morgan fingerprint density at radius 1 is 1.33 bits per heavy atom. The fourth-order valence-electron chi connectivity index (χ4n) is 1.86.